The zero-order chi connectivity index (χ0) is 16.0. The number of hydrogen-bond donors (Lipinski definition) is 1. The molecule has 1 aromatic carbocycles. The summed E-state index contributed by atoms with van der Waals surface area (Å²) in [5.74, 6) is 2.34. The van der Waals surface area contributed by atoms with Gasteiger partial charge in [0.05, 0.1) is 18.6 Å². The molecule has 3 fully saturated rings. The summed E-state index contributed by atoms with van der Waals surface area (Å²) in [6.07, 6.45) is 5.15. The minimum atomic E-state index is -0.327. The van der Waals surface area contributed by atoms with Crippen molar-refractivity contribution in [2.75, 3.05) is 20.2 Å². The minimum absolute atomic E-state index is 0.255. The third-order valence-electron chi connectivity index (χ3n) is 6.20. The number of nitrogens with zero attached hydrogens (tertiary/aromatic N) is 1. The summed E-state index contributed by atoms with van der Waals surface area (Å²) in [6, 6.07) is 8.12. The summed E-state index contributed by atoms with van der Waals surface area (Å²) >= 11 is 0. The Morgan fingerprint density at radius 3 is 2.83 bits per heavy atom. The number of amides is 1. The highest BCUT2D eigenvalue weighted by Gasteiger charge is 2.57. The lowest BCUT2D eigenvalue weighted by Gasteiger charge is -2.45. The van der Waals surface area contributed by atoms with Crippen molar-refractivity contribution in [2.24, 2.45) is 17.3 Å². The highest BCUT2D eigenvalue weighted by atomic mass is 16.5. The van der Waals surface area contributed by atoms with E-state index >= 15 is 0 Å². The monoisotopic (exact) mass is 315 g/mol. The quantitative estimate of drug-likeness (QED) is 0.927. The molecule has 0 aromatic heterocycles. The van der Waals surface area contributed by atoms with E-state index in [0.717, 1.165) is 18.6 Å². The molecule has 1 amide bonds. The van der Waals surface area contributed by atoms with Crippen LogP contribution in [0.1, 0.15) is 31.2 Å². The van der Waals surface area contributed by atoms with Crippen LogP contribution in [0.15, 0.2) is 24.3 Å². The van der Waals surface area contributed by atoms with Crippen molar-refractivity contribution in [1.82, 2.24) is 4.90 Å². The van der Waals surface area contributed by atoms with Gasteiger partial charge in [-0.2, -0.15) is 0 Å². The predicted octanol–water partition coefficient (Wildman–Crippen LogP) is 2.25. The molecule has 2 saturated carbocycles. The average molecular weight is 315 g/mol. The lowest BCUT2D eigenvalue weighted by molar-refractivity contribution is -0.156. The van der Waals surface area contributed by atoms with Crippen molar-refractivity contribution in [3.05, 3.63) is 29.8 Å². The van der Waals surface area contributed by atoms with E-state index in [9.17, 15) is 9.90 Å². The number of ether oxygens (including phenoxy) is 1. The van der Waals surface area contributed by atoms with Crippen LogP contribution in [0.4, 0.5) is 0 Å². The van der Waals surface area contributed by atoms with Crippen LogP contribution >= 0.6 is 0 Å². The summed E-state index contributed by atoms with van der Waals surface area (Å²) in [5, 5.41) is 9.57. The molecule has 4 rings (SSSR count). The summed E-state index contributed by atoms with van der Waals surface area (Å²) < 4.78 is 5.34. The third kappa shape index (κ3) is 2.44. The van der Waals surface area contributed by atoms with E-state index in [2.05, 4.69) is 12.1 Å². The van der Waals surface area contributed by atoms with Gasteiger partial charge in [-0.3, -0.25) is 4.79 Å². The number of hydrogen-bond acceptors (Lipinski definition) is 3. The van der Waals surface area contributed by atoms with E-state index in [1.165, 1.54) is 24.8 Å². The number of rotatable bonds is 4. The molecule has 3 atom stereocenters. The van der Waals surface area contributed by atoms with Crippen molar-refractivity contribution < 1.29 is 14.6 Å². The second-order valence-electron chi connectivity index (χ2n) is 7.63. The van der Waals surface area contributed by atoms with Gasteiger partial charge in [0.2, 0.25) is 5.91 Å². The Labute approximate surface area is 137 Å². The van der Waals surface area contributed by atoms with Crippen LogP contribution in [0.5, 0.6) is 5.75 Å². The topological polar surface area (TPSA) is 49.8 Å². The molecular weight excluding hydrogens is 290 g/mol. The van der Waals surface area contributed by atoms with Crippen molar-refractivity contribution in [3.8, 4) is 5.75 Å². The van der Waals surface area contributed by atoms with Gasteiger partial charge < -0.3 is 14.7 Å². The minimum Gasteiger partial charge on any atom is -0.497 e. The zero-order valence-corrected chi connectivity index (χ0v) is 13.7. The molecule has 2 aliphatic carbocycles. The lowest BCUT2D eigenvalue weighted by atomic mass is 9.68. The smallest absolute Gasteiger partial charge is 0.229 e. The maximum Gasteiger partial charge on any atom is 0.229 e. The van der Waals surface area contributed by atoms with Crippen molar-refractivity contribution in [1.29, 1.82) is 0 Å². The number of fused-ring (bicyclic) bond motifs is 2. The summed E-state index contributed by atoms with van der Waals surface area (Å²) in [4.78, 5) is 15.1. The standard InChI is InChI=1S/C19H25NO3/c1-23-17-4-2-3-13(8-17)9-19(10-14-5-6-15(19)7-14)18(22)20-11-16(21)12-20/h2-4,8,14-16,21H,5-7,9-12H2,1H3/t14-,15-,19-/m1/s1. The van der Waals surface area contributed by atoms with E-state index in [4.69, 9.17) is 4.74 Å². The number of benzene rings is 1. The first-order chi connectivity index (χ1) is 11.1. The molecule has 0 spiro atoms. The van der Waals surface area contributed by atoms with Crippen molar-refractivity contribution in [3.63, 3.8) is 0 Å². The first-order valence-corrected chi connectivity index (χ1v) is 8.71. The fourth-order valence-electron chi connectivity index (χ4n) is 5.08. The van der Waals surface area contributed by atoms with Gasteiger partial charge in [0, 0.05) is 13.1 Å². The number of aliphatic hydroxyl groups is 1. The molecule has 2 bridgehead atoms. The zero-order valence-electron chi connectivity index (χ0n) is 13.7. The Bertz CT molecular complexity index is 610. The van der Waals surface area contributed by atoms with Crippen LogP contribution in [0.2, 0.25) is 0 Å². The average Bonchev–Trinajstić information content (AvgIpc) is 3.13. The van der Waals surface area contributed by atoms with Gasteiger partial charge in [0.15, 0.2) is 0 Å². The molecule has 124 valence electrons. The van der Waals surface area contributed by atoms with E-state index in [1.807, 2.05) is 17.0 Å². The molecule has 1 saturated heterocycles. The normalized spacial score (nSPS) is 32.9. The number of β-amino-alcohol motifs (C(OH)–C–C–N with tert-alkyl or cyclic N) is 1. The van der Waals surface area contributed by atoms with Gasteiger partial charge in [-0.25, -0.2) is 0 Å². The SMILES string of the molecule is COc1cccc(C[C@@]2(C(=O)N3CC(O)C3)C[C@@H]3CC[C@@H]2C3)c1. The van der Waals surface area contributed by atoms with Gasteiger partial charge in [-0.1, -0.05) is 18.6 Å². The molecular formula is C19H25NO3. The fraction of sp³-hybridized carbons (Fsp3) is 0.632. The summed E-state index contributed by atoms with van der Waals surface area (Å²) in [5.41, 5.74) is 0.932. The third-order valence-corrected chi connectivity index (χ3v) is 6.20. The molecule has 4 heteroatoms. The van der Waals surface area contributed by atoms with Gasteiger partial charge in [0.1, 0.15) is 5.75 Å². The van der Waals surface area contributed by atoms with Gasteiger partial charge >= 0.3 is 0 Å². The largest absolute Gasteiger partial charge is 0.497 e. The number of carbonyl (C=O) groups excluding carboxylic acids is 1. The number of carbonyl (C=O) groups is 1. The number of likely N-dealkylation sites (tertiary alicyclic amines) is 1. The van der Waals surface area contributed by atoms with Crippen LogP contribution in [0.25, 0.3) is 0 Å². The van der Waals surface area contributed by atoms with Crippen molar-refractivity contribution in [2.45, 2.75) is 38.2 Å². The molecule has 23 heavy (non-hydrogen) atoms. The first-order valence-electron chi connectivity index (χ1n) is 8.71. The van der Waals surface area contributed by atoms with Crippen LogP contribution in [0, 0.1) is 17.3 Å². The van der Waals surface area contributed by atoms with E-state index in [-0.39, 0.29) is 17.4 Å². The second-order valence-corrected chi connectivity index (χ2v) is 7.63. The molecule has 1 heterocycles. The van der Waals surface area contributed by atoms with Crippen molar-refractivity contribution >= 4 is 5.91 Å². The van der Waals surface area contributed by atoms with Gasteiger partial charge in [-0.15, -0.1) is 0 Å². The molecule has 1 N–H and O–H groups in total. The van der Waals surface area contributed by atoms with Crippen LogP contribution in [0.3, 0.4) is 0 Å². The second kappa shape index (κ2) is 5.52. The van der Waals surface area contributed by atoms with Crippen LogP contribution in [-0.4, -0.2) is 42.2 Å². The summed E-state index contributed by atoms with van der Waals surface area (Å²) in [6.45, 7) is 1.02. The van der Waals surface area contributed by atoms with Crippen LogP contribution in [-0.2, 0) is 11.2 Å². The maximum absolute atomic E-state index is 13.2. The Kier molecular flexibility index (Phi) is 3.60. The number of methoxy groups -OCH3 is 1. The molecule has 3 aliphatic rings. The van der Waals surface area contributed by atoms with Crippen LogP contribution < -0.4 is 4.74 Å². The summed E-state index contributed by atoms with van der Waals surface area (Å²) in [7, 11) is 1.68. The Morgan fingerprint density at radius 1 is 1.39 bits per heavy atom. The highest BCUT2D eigenvalue weighted by Crippen LogP contribution is 2.58. The predicted molar refractivity (Wildman–Crippen MR) is 87.2 cm³/mol. The lowest BCUT2D eigenvalue weighted by Crippen LogP contribution is -2.59. The fourth-order valence-corrected chi connectivity index (χ4v) is 5.08. The Balaban J connectivity index is 1.62. The van der Waals surface area contributed by atoms with E-state index in [0.29, 0.717) is 24.9 Å². The molecule has 4 nitrogen and oxygen atoms in total. The first kappa shape index (κ1) is 15.0. The maximum atomic E-state index is 13.2. The Morgan fingerprint density at radius 2 is 2.22 bits per heavy atom. The number of aliphatic hydroxyl groups excluding tert-OH is 1. The van der Waals surface area contributed by atoms with Gasteiger partial charge in [0.25, 0.3) is 0 Å². The highest BCUT2D eigenvalue weighted by molar-refractivity contribution is 5.85. The molecule has 1 aromatic rings. The Hall–Kier alpha value is -1.55. The molecule has 0 unspecified atom stereocenters. The van der Waals surface area contributed by atoms with E-state index in [1.54, 1.807) is 7.11 Å². The van der Waals surface area contributed by atoms with Gasteiger partial charge in [-0.05, 0) is 55.2 Å². The van der Waals surface area contributed by atoms with E-state index < -0.39 is 0 Å². The molecule has 0 radical (unpaired) electrons. The molecule has 1 aliphatic heterocycles.